The highest BCUT2D eigenvalue weighted by Gasteiger charge is 2.28. The normalized spacial score (nSPS) is 16.6. The number of rotatable bonds is 14. The molecule has 3 atom stereocenters. The summed E-state index contributed by atoms with van der Waals surface area (Å²) in [4.78, 5) is 9.59. The van der Waals surface area contributed by atoms with Crippen molar-refractivity contribution in [2.75, 3.05) is 26.4 Å². The third-order valence-electron chi connectivity index (χ3n) is 1.86. The van der Waals surface area contributed by atoms with E-state index in [2.05, 4.69) is 0 Å². The Morgan fingerprint density at radius 1 is 0.800 bits per heavy atom. The first-order valence-electron chi connectivity index (χ1n) is 6.70. The van der Waals surface area contributed by atoms with E-state index < -0.39 is 38.6 Å². The Labute approximate surface area is 128 Å². The van der Waals surface area contributed by atoms with Gasteiger partial charge in [-0.2, -0.15) is 0 Å². The largest absolute Gasteiger partial charge is 0.473 e. The van der Waals surface area contributed by atoms with Gasteiger partial charge in [-0.15, -0.1) is 0 Å². The molecule has 0 saturated heterocycles. The van der Waals surface area contributed by atoms with E-state index in [1.807, 2.05) is 20.8 Å². The van der Waals surface area contributed by atoms with Crippen molar-refractivity contribution in [1.29, 1.82) is 0 Å². The fourth-order valence-electron chi connectivity index (χ4n) is 1.06. The topological polar surface area (TPSA) is 84.8 Å². The molecule has 0 aliphatic carbocycles. The Bertz CT molecular complexity index is 215. The molecule has 122 valence electrons. The Balaban J connectivity index is 4.24. The fourth-order valence-corrected chi connectivity index (χ4v) is 7.87. The molecule has 0 bridgehead atoms. The van der Waals surface area contributed by atoms with Gasteiger partial charge in [0.2, 0.25) is 0 Å². The minimum absolute atomic E-state index is 0.390. The Kier molecular flexibility index (Phi) is 14.9. The second-order valence-corrected chi connectivity index (χ2v) is 10.2. The molecule has 0 aromatic rings. The summed E-state index contributed by atoms with van der Waals surface area (Å²) in [6.45, 7) is 9.28. The van der Waals surface area contributed by atoms with Crippen molar-refractivity contribution in [1.82, 2.24) is 0 Å². The molecule has 0 rings (SSSR count). The zero-order valence-electron chi connectivity index (χ0n) is 12.6. The monoisotopic (exact) mass is 362 g/mol. The average Bonchev–Trinajstić information content (AvgIpc) is 2.39. The Hall–Kier alpha value is 0.548. The molecule has 0 aliphatic rings. The lowest BCUT2D eigenvalue weighted by atomic mass is 10.9. The van der Waals surface area contributed by atoms with E-state index in [1.165, 1.54) is 0 Å². The van der Waals surface area contributed by atoms with Crippen molar-refractivity contribution in [2.24, 2.45) is 0 Å². The zero-order valence-corrected chi connectivity index (χ0v) is 17.5. The van der Waals surface area contributed by atoms with Gasteiger partial charge in [0, 0.05) is 26.4 Å². The van der Waals surface area contributed by atoms with Gasteiger partial charge in [-0.25, -0.2) is 0 Å². The van der Waals surface area contributed by atoms with E-state index in [1.54, 1.807) is 6.92 Å². The molecular formula is C8H26O8Si4. The van der Waals surface area contributed by atoms with Crippen LogP contribution in [0.2, 0.25) is 0 Å². The molecule has 0 aromatic carbocycles. The molecule has 0 spiro atoms. The predicted octanol–water partition coefficient (Wildman–Crippen LogP) is -1.68. The molecule has 8 nitrogen and oxygen atoms in total. The van der Waals surface area contributed by atoms with Crippen molar-refractivity contribution in [3.8, 4) is 0 Å². The van der Waals surface area contributed by atoms with Crippen LogP contribution in [0.4, 0.5) is 0 Å². The highest BCUT2D eigenvalue weighted by Crippen LogP contribution is 2.01. The van der Waals surface area contributed by atoms with Crippen LogP contribution in [0.3, 0.4) is 0 Å². The smallest absolute Gasteiger partial charge is 0.401 e. The summed E-state index contributed by atoms with van der Waals surface area (Å²) in [5, 5.41) is 0. The number of hydrogen-bond acceptors (Lipinski definition) is 8. The molecule has 0 fully saturated rings. The first-order chi connectivity index (χ1) is 9.67. The molecule has 20 heavy (non-hydrogen) atoms. The maximum atomic E-state index is 9.59. The van der Waals surface area contributed by atoms with E-state index in [4.69, 9.17) is 30.0 Å². The fraction of sp³-hybridized carbons (Fsp3) is 1.00. The average molecular weight is 363 g/mol. The van der Waals surface area contributed by atoms with Gasteiger partial charge in [-0.3, -0.25) is 0 Å². The second kappa shape index (κ2) is 14.5. The summed E-state index contributed by atoms with van der Waals surface area (Å²) in [6.07, 6.45) is 0. The molecule has 0 radical (unpaired) electrons. The maximum absolute atomic E-state index is 9.59. The molecule has 0 aliphatic heterocycles. The van der Waals surface area contributed by atoms with Crippen LogP contribution in [0.5, 0.6) is 0 Å². The predicted molar refractivity (Wildman–Crippen MR) is 82.0 cm³/mol. The van der Waals surface area contributed by atoms with Gasteiger partial charge < -0.3 is 34.8 Å². The molecule has 0 aromatic heterocycles. The van der Waals surface area contributed by atoms with E-state index in [-0.39, 0.29) is 0 Å². The van der Waals surface area contributed by atoms with Crippen LogP contribution < -0.4 is 0 Å². The summed E-state index contributed by atoms with van der Waals surface area (Å²) >= 11 is 0. The van der Waals surface area contributed by atoms with Gasteiger partial charge in [-0.05, 0) is 27.7 Å². The second-order valence-electron chi connectivity index (χ2n) is 3.30. The Morgan fingerprint density at radius 2 is 1.40 bits per heavy atom. The van der Waals surface area contributed by atoms with Crippen LogP contribution >= 0.6 is 0 Å². The minimum atomic E-state index is -2.70. The lowest BCUT2D eigenvalue weighted by Gasteiger charge is -2.23. The van der Waals surface area contributed by atoms with Crippen LogP contribution in [0.1, 0.15) is 27.7 Å². The van der Waals surface area contributed by atoms with Crippen LogP contribution in [-0.2, 0) is 30.0 Å². The highest BCUT2D eigenvalue weighted by atomic mass is 28.5. The van der Waals surface area contributed by atoms with Crippen LogP contribution in [-0.4, -0.2) is 69.8 Å². The van der Waals surface area contributed by atoms with Crippen LogP contribution in [0.15, 0.2) is 0 Å². The van der Waals surface area contributed by atoms with Gasteiger partial charge in [-0.1, -0.05) is 0 Å². The Morgan fingerprint density at radius 3 is 1.95 bits per heavy atom. The molecule has 12 heteroatoms. The highest BCUT2D eigenvalue weighted by molar-refractivity contribution is 6.59. The van der Waals surface area contributed by atoms with Crippen LogP contribution in [0.25, 0.3) is 0 Å². The van der Waals surface area contributed by atoms with Crippen molar-refractivity contribution in [2.45, 2.75) is 27.7 Å². The van der Waals surface area contributed by atoms with Gasteiger partial charge in [0.1, 0.15) is 0 Å². The van der Waals surface area contributed by atoms with Crippen molar-refractivity contribution >= 4 is 38.6 Å². The van der Waals surface area contributed by atoms with E-state index >= 15 is 0 Å². The van der Waals surface area contributed by atoms with Crippen molar-refractivity contribution < 1.29 is 34.8 Å². The summed E-state index contributed by atoms with van der Waals surface area (Å²) in [5.74, 6) is 0. The number of hydrogen-bond donors (Lipinski definition) is 1. The van der Waals surface area contributed by atoms with Gasteiger partial charge >= 0.3 is 28.6 Å². The lowest BCUT2D eigenvalue weighted by Crippen LogP contribution is -2.43. The minimum Gasteiger partial charge on any atom is -0.401 e. The lowest BCUT2D eigenvalue weighted by molar-refractivity contribution is 0.117. The quantitative estimate of drug-likeness (QED) is 0.290. The molecule has 0 amide bonds. The molecule has 0 heterocycles. The molecule has 3 unspecified atom stereocenters. The maximum Gasteiger partial charge on any atom is 0.473 e. The van der Waals surface area contributed by atoms with Crippen molar-refractivity contribution in [3.05, 3.63) is 0 Å². The zero-order chi connectivity index (χ0) is 15.2. The van der Waals surface area contributed by atoms with Gasteiger partial charge in [0.15, 0.2) is 0 Å². The SMILES string of the molecule is CCO[SiH2]O[SiH](OCC)O[SiH](OCC)O[SiH](O)OCC. The third kappa shape index (κ3) is 11.2. The summed E-state index contributed by atoms with van der Waals surface area (Å²) in [7, 11) is -8.64. The summed E-state index contributed by atoms with van der Waals surface area (Å²) < 4.78 is 37.5. The third-order valence-corrected chi connectivity index (χ3v) is 9.49. The van der Waals surface area contributed by atoms with Gasteiger partial charge in [0.25, 0.3) is 10.0 Å². The van der Waals surface area contributed by atoms with Crippen molar-refractivity contribution in [3.63, 3.8) is 0 Å². The van der Waals surface area contributed by atoms with E-state index in [0.717, 1.165) is 0 Å². The first kappa shape index (κ1) is 20.5. The van der Waals surface area contributed by atoms with Gasteiger partial charge in [0.05, 0.1) is 0 Å². The molecular weight excluding hydrogens is 336 g/mol. The first-order valence-corrected chi connectivity index (χ1v) is 12.1. The molecule has 0 saturated carbocycles. The van der Waals surface area contributed by atoms with E-state index in [0.29, 0.717) is 26.4 Å². The van der Waals surface area contributed by atoms with E-state index in [9.17, 15) is 4.80 Å². The van der Waals surface area contributed by atoms with Crippen LogP contribution in [0, 0.1) is 0 Å². The summed E-state index contributed by atoms with van der Waals surface area (Å²) in [6, 6.07) is 0. The summed E-state index contributed by atoms with van der Waals surface area (Å²) in [5.41, 5.74) is 0. The molecule has 1 N–H and O–H groups in total. The standard InChI is InChI=1S/C8H26O8Si4/c1-5-10-17-14-19(12-7-3)16-20(13-8-4)15-18(9)11-6-2/h9,18-20H,5-8,17H2,1-4H3.